The maximum Gasteiger partial charge on any atom is 0.262 e. The Kier molecular flexibility index (Phi) is 3.09. The van der Waals surface area contributed by atoms with Crippen LogP contribution in [-0.4, -0.2) is 25.1 Å². The molecule has 4 nitrogen and oxygen atoms in total. The van der Waals surface area contributed by atoms with Crippen molar-refractivity contribution in [3.8, 4) is 5.75 Å². The van der Waals surface area contributed by atoms with E-state index in [1.165, 1.54) is 12.8 Å². The van der Waals surface area contributed by atoms with E-state index in [-0.39, 0.29) is 5.91 Å². The van der Waals surface area contributed by atoms with E-state index < -0.39 is 6.10 Å². The Labute approximate surface area is 107 Å². The molecule has 0 spiro atoms. The first kappa shape index (κ1) is 11.4. The van der Waals surface area contributed by atoms with E-state index in [0.29, 0.717) is 6.54 Å². The lowest BCUT2D eigenvalue weighted by atomic mass is 10.2. The standard InChI is InChI=1S/C14H18N2O2/c17-14(15-8-7-10-5-6-10)13-9-16-11-3-1-2-4-12(11)18-13/h1-4,10,13,16H,5-9H2,(H,15,17). The molecule has 1 aromatic carbocycles. The van der Waals surface area contributed by atoms with Gasteiger partial charge in [0.2, 0.25) is 0 Å². The van der Waals surface area contributed by atoms with Crippen molar-refractivity contribution in [2.24, 2.45) is 5.92 Å². The summed E-state index contributed by atoms with van der Waals surface area (Å²) >= 11 is 0. The van der Waals surface area contributed by atoms with Crippen LogP contribution < -0.4 is 15.4 Å². The van der Waals surface area contributed by atoms with Gasteiger partial charge in [0.25, 0.3) is 5.91 Å². The van der Waals surface area contributed by atoms with Crippen LogP contribution >= 0.6 is 0 Å². The monoisotopic (exact) mass is 246 g/mol. The molecule has 3 rings (SSSR count). The lowest BCUT2D eigenvalue weighted by molar-refractivity contribution is -0.127. The van der Waals surface area contributed by atoms with E-state index in [4.69, 9.17) is 4.74 Å². The predicted molar refractivity (Wildman–Crippen MR) is 69.7 cm³/mol. The summed E-state index contributed by atoms with van der Waals surface area (Å²) < 4.78 is 5.69. The van der Waals surface area contributed by atoms with E-state index in [0.717, 1.165) is 30.3 Å². The van der Waals surface area contributed by atoms with Crippen LogP contribution in [0.15, 0.2) is 24.3 Å². The summed E-state index contributed by atoms with van der Waals surface area (Å²) in [5.41, 5.74) is 0.958. The van der Waals surface area contributed by atoms with Crippen LogP contribution in [0.5, 0.6) is 5.75 Å². The average molecular weight is 246 g/mol. The van der Waals surface area contributed by atoms with Crippen LogP contribution in [0.3, 0.4) is 0 Å². The second kappa shape index (κ2) is 4.88. The molecule has 0 bridgehead atoms. The Morgan fingerprint density at radius 3 is 3.06 bits per heavy atom. The zero-order valence-electron chi connectivity index (χ0n) is 10.3. The van der Waals surface area contributed by atoms with Crippen LogP contribution in [0.1, 0.15) is 19.3 Å². The number of benzene rings is 1. The van der Waals surface area contributed by atoms with Gasteiger partial charge in [0.05, 0.1) is 12.2 Å². The van der Waals surface area contributed by atoms with Gasteiger partial charge in [-0.3, -0.25) is 4.79 Å². The number of carbonyl (C=O) groups is 1. The maximum absolute atomic E-state index is 11.9. The molecule has 1 amide bonds. The van der Waals surface area contributed by atoms with Crippen LogP contribution in [0.4, 0.5) is 5.69 Å². The fourth-order valence-electron chi connectivity index (χ4n) is 2.18. The first-order valence-electron chi connectivity index (χ1n) is 6.60. The van der Waals surface area contributed by atoms with Crippen LogP contribution in [0.25, 0.3) is 0 Å². The van der Waals surface area contributed by atoms with Crippen LogP contribution in [-0.2, 0) is 4.79 Å². The van der Waals surface area contributed by atoms with Crippen LogP contribution in [0, 0.1) is 5.92 Å². The molecule has 2 aliphatic rings. The largest absolute Gasteiger partial charge is 0.477 e. The summed E-state index contributed by atoms with van der Waals surface area (Å²) in [6, 6.07) is 7.70. The van der Waals surface area contributed by atoms with Crippen molar-refractivity contribution >= 4 is 11.6 Å². The molecule has 2 N–H and O–H groups in total. The lowest BCUT2D eigenvalue weighted by Gasteiger charge is -2.26. The van der Waals surface area contributed by atoms with Gasteiger partial charge in [0.15, 0.2) is 6.10 Å². The molecule has 1 unspecified atom stereocenters. The minimum atomic E-state index is -0.417. The Balaban J connectivity index is 1.52. The van der Waals surface area contributed by atoms with E-state index in [1.54, 1.807) is 0 Å². The molecule has 0 aromatic heterocycles. The van der Waals surface area contributed by atoms with Gasteiger partial charge in [0, 0.05) is 6.54 Å². The molecule has 1 aliphatic heterocycles. The number of anilines is 1. The third-order valence-electron chi connectivity index (χ3n) is 3.48. The number of carbonyl (C=O) groups excluding carboxylic acids is 1. The number of fused-ring (bicyclic) bond motifs is 1. The Morgan fingerprint density at radius 2 is 2.22 bits per heavy atom. The maximum atomic E-state index is 11.9. The summed E-state index contributed by atoms with van der Waals surface area (Å²) in [5.74, 6) is 1.58. The molecule has 0 saturated heterocycles. The van der Waals surface area contributed by atoms with Gasteiger partial charge >= 0.3 is 0 Å². The van der Waals surface area contributed by atoms with Gasteiger partial charge in [-0.15, -0.1) is 0 Å². The second-order valence-corrected chi connectivity index (χ2v) is 5.01. The molecule has 4 heteroatoms. The average Bonchev–Trinajstić information content (AvgIpc) is 3.22. The zero-order valence-corrected chi connectivity index (χ0v) is 10.3. The molecular weight excluding hydrogens is 228 g/mol. The summed E-state index contributed by atoms with van der Waals surface area (Å²) in [4.78, 5) is 11.9. The van der Waals surface area contributed by atoms with Crippen molar-refractivity contribution in [2.45, 2.75) is 25.4 Å². The quantitative estimate of drug-likeness (QED) is 0.851. The van der Waals surface area contributed by atoms with Gasteiger partial charge < -0.3 is 15.4 Å². The normalized spacial score (nSPS) is 21.4. The fraction of sp³-hybridized carbons (Fsp3) is 0.500. The molecule has 1 heterocycles. The first-order valence-corrected chi connectivity index (χ1v) is 6.60. The third-order valence-corrected chi connectivity index (χ3v) is 3.48. The number of rotatable bonds is 4. The summed E-state index contributed by atoms with van der Waals surface area (Å²) in [5, 5.41) is 6.17. The van der Waals surface area contributed by atoms with E-state index in [2.05, 4.69) is 10.6 Å². The molecule has 0 radical (unpaired) electrons. The smallest absolute Gasteiger partial charge is 0.262 e. The predicted octanol–water partition coefficient (Wildman–Crippen LogP) is 1.78. The molecule has 96 valence electrons. The summed E-state index contributed by atoms with van der Waals surface area (Å²) in [6.07, 6.45) is 3.33. The van der Waals surface area contributed by atoms with Crippen molar-refractivity contribution in [1.82, 2.24) is 5.32 Å². The second-order valence-electron chi connectivity index (χ2n) is 5.01. The van der Waals surface area contributed by atoms with Crippen molar-refractivity contribution in [3.05, 3.63) is 24.3 Å². The molecule has 1 aromatic rings. The first-order chi connectivity index (χ1) is 8.83. The number of hydrogen-bond acceptors (Lipinski definition) is 3. The van der Waals surface area contributed by atoms with E-state index >= 15 is 0 Å². The SMILES string of the molecule is O=C(NCCC1CC1)C1CNc2ccccc2O1. The fourth-order valence-corrected chi connectivity index (χ4v) is 2.18. The highest BCUT2D eigenvalue weighted by atomic mass is 16.5. The van der Waals surface area contributed by atoms with Crippen molar-refractivity contribution in [1.29, 1.82) is 0 Å². The summed E-state index contributed by atoms with van der Waals surface area (Å²) in [6.45, 7) is 1.30. The van der Waals surface area contributed by atoms with E-state index in [1.807, 2.05) is 24.3 Å². The van der Waals surface area contributed by atoms with Gasteiger partial charge in [-0.25, -0.2) is 0 Å². The molecule has 1 fully saturated rings. The molecule has 1 aliphatic carbocycles. The van der Waals surface area contributed by atoms with Crippen molar-refractivity contribution in [3.63, 3.8) is 0 Å². The number of para-hydroxylation sites is 2. The van der Waals surface area contributed by atoms with Gasteiger partial charge in [-0.2, -0.15) is 0 Å². The topological polar surface area (TPSA) is 50.4 Å². The Morgan fingerprint density at radius 1 is 1.39 bits per heavy atom. The molecule has 1 atom stereocenters. The van der Waals surface area contributed by atoms with Gasteiger partial charge in [-0.05, 0) is 24.5 Å². The third kappa shape index (κ3) is 2.58. The zero-order chi connectivity index (χ0) is 12.4. The molecule has 18 heavy (non-hydrogen) atoms. The summed E-state index contributed by atoms with van der Waals surface area (Å²) in [7, 11) is 0. The highest BCUT2D eigenvalue weighted by Crippen LogP contribution is 2.31. The number of nitrogens with one attached hydrogen (secondary N) is 2. The minimum absolute atomic E-state index is 0.0161. The highest BCUT2D eigenvalue weighted by molar-refractivity contribution is 5.83. The highest BCUT2D eigenvalue weighted by Gasteiger charge is 2.26. The van der Waals surface area contributed by atoms with Crippen molar-refractivity contribution in [2.75, 3.05) is 18.4 Å². The molecule has 1 saturated carbocycles. The Bertz CT molecular complexity index is 443. The molecular formula is C14H18N2O2. The lowest BCUT2D eigenvalue weighted by Crippen LogP contribution is -2.45. The number of amides is 1. The van der Waals surface area contributed by atoms with Crippen molar-refractivity contribution < 1.29 is 9.53 Å². The Hall–Kier alpha value is -1.71. The minimum Gasteiger partial charge on any atom is -0.477 e. The number of ether oxygens (including phenoxy) is 1. The van der Waals surface area contributed by atoms with Crippen LogP contribution in [0.2, 0.25) is 0 Å². The van der Waals surface area contributed by atoms with E-state index in [9.17, 15) is 4.79 Å². The van der Waals surface area contributed by atoms with Gasteiger partial charge in [0.1, 0.15) is 5.75 Å². The number of hydrogen-bond donors (Lipinski definition) is 2. The van der Waals surface area contributed by atoms with Gasteiger partial charge in [-0.1, -0.05) is 25.0 Å².